The number of nitrogens with zero attached hydrogens (tertiary/aromatic N) is 1. The van der Waals surface area contributed by atoms with Crippen LogP contribution < -0.4 is 0 Å². The zero-order valence-electron chi connectivity index (χ0n) is 18.1. The van der Waals surface area contributed by atoms with Gasteiger partial charge in [0.15, 0.2) is 0 Å². The van der Waals surface area contributed by atoms with Crippen molar-refractivity contribution >= 4 is 5.97 Å². The van der Waals surface area contributed by atoms with Gasteiger partial charge in [0.1, 0.15) is 12.2 Å². The molecule has 0 spiro atoms. The van der Waals surface area contributed by atoms with Crippen LogP contribution in [0.3, 0.4) is 0 Å². The van der Waals surface area contributed by atoms with Crippen LogP contribution in [0.15, 0.2) is 30.3 Å². The van der Waals surface area contributed by atoms with Crippen molar-refractivity contribution in [2.24, 2.45) is 5.92 Å². The van der Waals surface area contributed by atoms with Gasteiger partial charge < -0.3 is 4.74 Å². The van der Waals surface area contributed by atoms with Crippen LogP contribution in [0.4, 0.5) is 0 Å². The molecule has 0 N–H and O–H groups in total. The maximum absolute atomic E-state index is 12.0. The summed E-state index contributed by atoms with van der Waals surface area (Å²) < 4.78 is 5.86. The molecule has 4 nitrogen and oxygen atoms in total. The lowest BCUT2D eigenvalue weighted by Crippen LogP contribution is -2.68. The van der Waals surface area contributed by atoms with E-state index in [9.17, 15) is 4.79 Å². The van der Waals surface area contributed by atoms with Crippen molar-refractivity contribution in [2.75, 3.05) is 0 Å². The molecule has 27 heavy (non-hydrogen) atoms. The summed E-state index contributed by atoms with van der Waals surface area (Å²) in [5.74, 6) is 0.0661. The Morgan fingerprint density at radius 2 is 1.81 bits per heavy atom. The molecule has 5 unspecified atom stereocenters. The highest BCUT2D eigenvalue weighted by Gasteiger charge is 2.55. The Hall–Kier alpha value is -1.39. The molecular weight excluding hydrogens is 338 g/mol. The average Bonchev–Trinajstić information content (AvgIpc) is 2.69. The molecule has 152 valence electrons. The number of ether oxygens (including phenoxy) is 1. The fraction of sp³-hybridized carbons (Fsp3) is 0.696. The summed E-state index contributed by atoms with van der Waals surface area (Å²) in [6.07, 6.45) is 2.93. The van der Waals surface area contributed by atoms with E-state index in [1.807, 2.05) is 25.1 Å². The van der Waals surface area contributed by atoms with Crippen molar-refractivity contribution in [2.45, 2.75) is 97.4 Å². The normalized spacial score (nSPS) is 32.9. The quantitative estimate of drug-likeness (QED) is 0.575. The Balaban J connectivity index is 2.34. The number of esters is 1. The molecule has 1 aliphatic rings. The van der Waals surface area contributed by atoms with Gasteiger partial charge in [0, 0.05) is 29.8 Å². The van der Waals surface area contributed by atoms with Gasteiger partial charge in [-0.15, -0.1) is 0 Å². The Morgan fingerprint density at radius 3 is 2.33 bits per heavy atom. The Kier molecular flexibility index (Phi) is 7.09. The number of benzene rings is 1. The molecule has 0 saturated carbocycles. The minimum atomic E-state index is -0.218. The second-order valence-corrected chi connectivity index (χ2v) is 8.39. The molecule has 1 aromatic carbocycles. The van der Waals surface area contributed by atoms with Crippen LogP contribution >= 0.6 is 0 Å². The van der Waals surface area contributed by atoms with Crippen molar-refractivity contribution in [1.82, 2.24) is 5.06 Å². The highest BCUT2D eigenvalue weighted by Crippen LogP contribution is 2.48. The Labute approximate surface area is 165 Å². The van der Waals surface area contributed by atoms with Gasteiger partial charge in [-0.05, 0) is 39.2 Å². The van der Waals surface area contributed by atoms with E-state index in [0.717, 1.165) is 19.3 Å². The molecule has 1 aromatic rings. The summed E-state index contributed by atoms with van der Waals surface area (Å²) in [6, 6.07) is 10.3. The fourth-order valence-corrected chi connectivity index (χ4v) is 4.24. The van der Waals surface area contributed by atoms with E-state index < -0.39 is 0 Å². The number of hydroxylamine groups is 2. The SMILES string of the molecule is CCC(=O)OC1CC(C)(CC)N(OC(C)c2ccccc2)C(C)(CC)C1C. The number of hydrogen-bond donors (Lipinski definition) is 0. The number of piperidine rings is 1. The molecule has 4 heteroatoms. The average molecular weight is 376 g/mol. The third kappa shape index (κ3) is 4.38. The van der Waals surface area contributed by atoms with Gasteiger partial charge in [-0.25, -0.2) is 0 Å². The molecule has 1 heterocycles. The third-order valence-corrected chi connectivity index (χ3v) is 6.72. The summed E-state index contributed by atoms with van der Waals surface area (Å²) in [5, 5.41) is 2.23. The lowest BCUT2D eigenvalue weighted by molar-refractivity contribution is -0.336. The first-order valence-corrected chi connectivity index (χ1v) is 10.4. The largest absolute Gasteiger partial charge is 0.462 e. The fourth-order valence-electron chi connectivity index (χ4n) is 4.24. The third-order valence-electron chi connectivity index (χ3n) is 6.72. The minimum Gasteiger partial charge on any atom is -0.462 e. The summed E-state index contributed by atoms with van der Waals surface area (Å²) in [7, 11) is 0. The van der Waals surface area contributed by atoms with Gasteiger partial charge in [-0.1, -0.05) is 58.0 Å². The van der Waals surface area contributed by atoms with Gasteiger partial charge in [0.25, 0.3) is 0 Å². The van der Waals surface area contributed by atoms with Gasteiger partial charge in [0.2, 0.25) is 0 Å². The first kappa shape index (κ1) is 21.9. The molecule has 1 saturated heterocycles. The predicted octanol–water partition coefficient (Wildman–Crippen LogP) is 5.68. The highest BCUT2D eigenvalue weighted by molar-refractivity contribution is 5.69. The smallest absolute Gasteiger partial charge is 0.305 e. The van der Waals surface area contributed by atoms with E-state index in [-0.39, 0.29) is 35.2 Å². The predicted molar refractivity (Wildman–Crippen MR) is 109 cm³/mol. The van der Waals surface area contributed by atoms with Crippen molar-refractivity contribution < 1.29 is 14.4 Å². The van der Waals surface area contributed by atoms with Crippen molar-refractivity contribution in [3.05, 3.63) is 35.9 Å². The molecule has 2 rings (SSSR count). The van der Waals surface area contributed by atoms with E-state index >= 15 is 0 Å². The Bertz CT molecular complexity index is 619. The zero-order valence-corrected chi connectivity index (χ0v) is 18.1. The van der Waals surface area contributed by atoms with E-state index in [1.54, 1.807) is 0 Å². The summed E-state index contributed by atoms with van der Waals surface area (Å²) in [5.41, 5.74) is 0.755. The monoisotopic (exact) mass is 375 g/mol. The maximum atomic E-state index is 12.0. The van der Waals surface area contributed by atoms with Crippen LogP contribution in [-0.2, 0) is 14.4 Å². The van der Waals surface area contributed by atoms with Crippen LogP contribution in [0.5, 0.6) is 0 Å². The van der Waals surface area contributed by atoms with Gasteiger partial charge in [-0.2, -0.15) is 5.06 Å². The highest BCUT2D eigenvalue weighted by atomic mass is 16.7. The number of carbonyl (C=O) groups excluding carboxylic acids is 1. The van der Waals surface area contributed by atoms with Crippen LogP contribution in [0, 0.1) is 5.92 Å². The van der Waals surface area contributed by atoms with Crippen LogP contribution in [0.1, 0.15) is 85.8 Å². The summed E-state index contributed by atoms with van der Waals surface area (Å²) in [4.78, 5) is 18.6. The molecule has 0 amide bonds. The van der Waals surface area contributed by atoms with Gasteiger partial charge >= 0.3 is 5.97 Å². The molecule has 0 aromatic heterocycles. The second-order valence-electron chi connectivity index (χ2n) is 8.39. The molecular formula is C23H37NO3. The van der Waals surface area contributed by atoms with E-state index in [0.29, 0.717) is 6.42 Å². The molecule has 0 radical (unpaired) electrons. The van der Waals surface area contributed by atoms with Crippen molar-refractivity contribution in [3.63, 3.8) is 0 Å². The van der Waals surface area contributed by atoms with Gasteiger partial charge in [-0.3, -0.25) is 9.63 Å². The molecule has 1 aliphatic heterocycles. The summed E-state index contributed by atoms with van der Waals surface area (Å²) in [6.45, 7) is 15.0. The Morgan fingerprint density at radius 1 is 1.19 bits per heavy atom. The standard InChI is InChI=1S/C23H37NO3/c1-8-21(25)26-20-16-22(6,9-2)24(23(7,10-3)17(20)4)27-18(5)19-14-12-11-13-15-19/h11-15,17-18,20H,8-10,16H2,1-7H3. The van der Waals surface area contributed by atoms with Crippen molar-refractivity contribution in [3.8, 4) is 0 Å². The minimum absolute atomic E-state index is 0.0371. The maximum Gasteiger partial charge on any atom is 0.305 e. The number of rotatable bonds is 7. The lowest BCUT2D eigenvalue weighted by atomic mass is 9.69. The lowest BCUT2D eigenvalue weighted by Gasteiger charge is -2.59. The molecule has 5 atom stereocenters. The molecule has 1 fully saturated rings. The first-order chi connectivity index (χ1) is 12.7. The first-order valence-electron chi connectivity index (χ1n) is 10.4. The van der Waals surface area contributed by atoms with Crippen LogP contribution in [-0.4, -0.2) is 28.2 Å². The number of hydrogen-bond acceptors (Lipinski definition) is 4. The van der Waals surface area contributed by atoms with Crippen LogP contribution in [0.2, 0.25) is 0 Å². The second kappa shape index (κ2) is 8.74. The van der Waals surface area contributed by atoms with Crippen molar-refractivity contribution in [1.29, 1.82) is 0 Å². The van der Waals surface area contributed by atoms with Crippen LogP contribution in [0.25, 0.3) is 0 Å². The summed E-state index contributed by atoms with van der Waals surface area (Å²) >= 11 is 0. The number of carbonyl (C=O) groups is 1. The molecule has 0 aliphatic carbocycles. The molecule has 0 bridgehead atoms. The van der Waals surface area contributed by atoms with E-state index in [4.69, 9.17) is 9.57 Å². The zero-order chi connectivity index (χ0) is 20.2. The van der Waals surface area contributed by atoms with Gasteiger partial charge in [0.05, 0.1) is 0 Å². The van der Waals surface area contributed by atoms with E-state index in [1.165, 1.54) is 5.56 Å². The topological polar surface area (TPSA) is 38.8 Å². The van der Waals surface area contributed by atoms with E-state index in [2.05, 4.69) is 58.7 Å².